The Labute approximate surface area is 47.7 Å². The number of halogens is 1. The molecule has 0 radical (unpaired) electrons. The molecule has 0 aromatic rings. The highest BCUT2D eigenvalue weighted by molar-refractivity contribution is 7.81. The predicted molar refractivity (Wildman–Crippen MR) is 30.6 cm³/mol. The van der Waals surface area contributed by atoms with Crippen LogP contribution in [0.4, 0.5) is 0 Å². The summed E-state index contributed by atoms with van der Waals surface area (Å²) in [5.74, 6) is 0.416. The summed E-state index contributed by atoms with van der Waals surface area (Å²) >= 11 is 9.06. The molecule has 38 valence electrons. The summed E-state index contributed by atoms with van der Waals surface area (Å²) in [7, 11) is 0. The zero-order valence-corrected chi connectivity index (χ0v) is 4.91. The van der Waals surface area contributed by atoms with Crippen molar-refractivity contribution in [2.75, 3.05) is 12.5 Å². The predicted octanol–water partition coefficient (Wildman–Crippen LogP) is 0.516. The average Bonchev–Trinajstić information content (AvgIpc) is 1.65. The molecule has 0 rings (SSSR count). The van der Waals surface area contributed by atoms with Gasteiger partial charge in [-0.25, -0.2) is 0 Å². The molecule has 3 heteroatoms. The van der Waals surface area contributed by atoms with E-state index in [4.69, 9.17) is 16.7 Å². The second-order valence-corrected chi connectivity index (χ2v) is 2.03. The van der Waals surface area contributed by atoms with Crippen LogP contribution < -0.4 is 0 Å². The largest absolute Gasteiger partial charge is 0.395 e. The fraction of sp³-hybridized carbons (Fsp3) is 1.00. The lowest BCUT2D eigenvalue weighted by Crippen LogP contribution is -2.04. The van der Waals surface area contributed by atoms with Gasteiger partial charge in [-0.1, -0.05) is 0 Å². The first-order valence-corrected chi connectivity index (χ1v) is 2.71. The van der Waals surface area contributed by atoms with Crippen LogP contribution in [0.25, 0.3) is 0 Å². The van der Waals surface area contributed by atoms with Gasteiger partial charge in [-0.15, -0.1) is 11.6 Å². The maximum Gasteiger partial charge on any atom is 0.0559 e. The Morgan fingerprint density at radius 1 is 1.83 bits per heavy atom. The summed E-state index contributed by atoms with van der Waals surface area (Å²) in [6.07, 6.45) is 0. The highest BCUT2D eigenvalue weighted by Crippen LogP contribution is 1.93. The van der Waals surface area contributed by atoms with Crippen LogP contribution in [0.15, 0.2) is 0 Å². The zero-order chi connectivity index (χ0) is 4.99. The monoisotopic (exact) mass is 126 g/mol. The Morgan fingerprint density at radius 3 is 2.33 bits per heavy atom. The van der Waals surface area contributed by atoms with Crippen molar-refractivity contribution in [1.29, 1.82) is 0 Å². The van der Waals surface area contributed by atoms with Crippen LogP contribution in [0.3, 0.4) is 0 Å². The van der Waals surface area contributed by atoms with Crippen LogP contribution in [0, 0.1) is 0 Å². The van der Waals surface area contributed by atoms with Gasteiger partial charge in [0.2, 0.25) is 0 Å². The molecule has 0 saturated heterocycles. The first kappa shape index (κ1) is 6.60. The van der Waals surface area contributed by atoms with Gasteiger partial charge in [-0.05, 0) is 0 Å². The molecule has 0 aliphatic carbocycles. The lowest BCUT2D eigenvalue weighted by atomic mass is 10.5. The number of rotatable bonds is 2. The fourth-order valence-corrected chi connectivity index (χ4v) is 0.146. The smallest absolute Gasteiger partial charge is 0.0559 e. The minimum Gasteiger partial charge on any atom is -0.395 e. The lowest BCUT2D eigenvalue weighted by molar-refractivity contribution is 0.301. The molecule has 0 fully saturated rings. The van der Waals surface area contributed by atoms with Gasteiger partial charge in [0.05, 0.1) is 6.61 Å². The van der Waals surface area contributed by atoms with Crippen molar-refractivity contribution >= 4 is 24.2 Å². The summed E-state index contributed by atoms with van der Waals surface area (Å²) in [6, 6.07) is 0. The number of alkyl halides is 1. The van der Waals surface area contributed by atoms with Crippen molar-refractivity contribution < 1.29 is 5.11 Å². The Morgan fingerprint density at radius 2 is 2.33 bits per heavy atom. The van der Waals surface area contributed by atoms with Crippen molar-refractivity contribution in [2.24, 2.45) is 0 Å². The fourth-order valence-electron chi connectivity index (χ4n) is 0.0488. The molecule has 1 atom stereocenters. The summed E-state index contributed by atoms with van der Waals surface area (Å²) in [6.45, 7) is 0.0621. The number of hydrogen-bond donors (Lipinski definition) is 2. The van der Waals surface area contributed by atoms with Crippen LogP contribution in [0.5, 0.6) is 0 Å². The van der Waals surface area contributed by atoms with Gasteiger partial charge in [-0.3, -0.25) is 0 Å². The van der Waals surface area contributed by atoms with E-state index in [1.54, 1.807) is 0 Å². The van der Waals surface area contributed by atoms with Crippen molar-refractivity contribution in [2.45, 2.75) is 5.25 Å². The van der Waals surface area contributed by atoms with E-state index in [1.807, 2.05) is 0 Å². The SMILES string of the molecule is OCC(S)CCl. The number of thiol groups is 1. The summed E-state index contributed by atoms with van der Waals surface area (Å²) in [5, 5.41) is 8.12. The molecule has 0 aliphatic rings. The molecule has 0 saturated carbocycles. The number of hydrogen-bond acceptors (Lipinski definition) is 2. The van der Waals surface area contributed by atoms with Gasteiger partial charge < -0.3 is 5.11 Å². The van der Waals surface area contributed by atoms with Gasteiger partial charge >= 0.3 is 0 Å². The van der Waals surface area contributed by atoms with E-state index in [9.17, 15) is 0 Å². The molecule has 0 heterocycles. The van der Waals surface area contributed by atoms with Crippen LogP contribution in [0.1, 0.15) is 0 Å². The highest BCUT2D eigenvalue weighted by Gasteiger charge is 1.93. The molecule has 0 spiro atoms. The molecular weight excluding hydrogens is 120 g/mol. The minimum atomic E-state index is -0.0494. The molecule has 6 heavy (non-hydrogen) atoms. The second kappa shape index (κ2) is 3.78. The van der Waals surface area contributed by atoms with Gasteiger partial charge in [-0.2, -0.15) is 12.6 Å². The van der Waals surface area contributed by atoms with E-state index in [0.717, 1.165) is 0 Å². The third-order valence-electron chi connectivity index (χ3n) is 0.389. The molecular formula is C3H7ClOS. The maximum absolute atomic E-state index is 8.17. The first-order valence-electron chi connectivity index (χ1n) is 1.66. The van der Waals surface area contributed by atoms with Crippen LogP contribution in [-0.4, -0.2) is 22.8 Å². The lowest BCUT2D eigenvalue weighted by Gasteiger charge is -1.95. The molecule has 0 aliphatic heterocycles. The number of aliphatic hydroxyl groups is 1. The van der Waals surface area contributed by atoms with Gasteiger partial charge in [0.25, 0.3) is 0 Å². The van der Waals surface area contributed by atoms with E-state index >= 15 is 0 Å². The molecule has 0 bridgehead atoms. The Kier molecular flexibility index (Phi) is 4.16. The third-order valence-corrected chi connectivity index (χ3v) is 1.32. The zero-order valence-electron chi connectivity index (χ0n) is 3.26. The van der Waals surface area contributed by atoms with Gasteiger partial charge in [0.15, 0.2) is 0 Å². The molecule has 0 aromatic heterocycles. The second-order valence-electron chi connectivity index (χ2n) is 0.991. The average molecular weight is 127 g/mol. The Balaban J connectivity index is 2.75. The minimum absolute atomic E-state index is 0.0494. The molecule has 1 nitrogen and oxygen atoms in total. The van der Waals surface area contributed by atoms with E-state index < -0.39 is 0 Å². The Bertz CT molecular complexity index is 30.0. The summed E-state index contributed by atoms with van der Waals surface area (Å²) in [4.78, 5) is 0. The van der Waals surface area contributed by atoms with Crippen LogP contribution in [0.2, 0.25) is 0 Å². The Hall–Kier alpha value is 0.600. The first-order chi connectivity index (χ1) is 2.81. The van der Waals surface area contributed by atoms with Crippen molar-refractivity contribution in [3.63, 3.8) is 0 Å². The third kappa shape index (κ3) is 2.82. The number of aliphatic hydroxyl groups excluding tert-OH is 1. The van der Waals surface area contributed by atoms with Crippen molar-refractivity contribution in [1.82, 2.24) is 0 Å². The highest BCUT2D eigenvalue weighted by atomic mass is 35.5. The van der Waals surface area contributed by atoms with Crippen molar-refractivity contribution in [3.05, 3.63) is 0 Å². The van der Waals surface area contributed by atoms with Crippen LogP contribution >= 0.6 is 24.2 Å². The van der Waals surface area contributed by atoms with E-state index in [2.05, 4.69) is 12.6 Å². The van der Waals surface area contributed by atoms with Crippen molar-refractivity contribution in [3.8, 4) is 0 Å². The standard InChI is InChI=1S/C3H7ClOS/c4-1-3(6)2-5/h3,5-6H,1-2H2. The molecule has 1 unspecified atom stereocenters. The van der Waals surface area contributed by atoms with Gasteiger partial charge in [0.1, 0.15) is 0 Å². The van der Waals surface area contributed by atoms with Crippen LogP contribution in [-0.2, 0) is 0 Å². The topological polar surface area (TPSA) is 20.2 Å². The van der Waals surface area contributed by atoms with E-state index in [1.165, 1.54) is 0 Å². The van der Waals surface area contributed by atoms with Gasteiger partial charge in [0, 0.05) is 11.1 Å². The molecule has 0 aromatic carbocycles. The maximum atomic E-state index is 8.17. The quantitative estimate of drug-likeness (QED) is 0.408. The summed E-state index contributed by atoms with van der Waals surface area (Å²) in [5.41, 5.74) is 0. The summed E-state index contributed by atoms with van der Waals surface area (Å²) < 4.78 is 0. The molecule has 1 N–H and O–H groups in total. The molecule has 0 amide bonds. The van der Waals surface area contributed by atoms with E-state index in [-0.39, 0.29) is 11.9 Å². The normalized spacial score (nSPS) is 14.5. The van der Waals surface area contributed by atoms with E-state index in [0.29, 0.717) is 5.88 Å².